The number of halogens is 3. The number of aryl methyl sites for hydroxylation is 1. The number of likely N-dealkylation sites (tertiary alicyclic amines) is 1. The van der Waals surface area contributed by atoms with E-state index in [0.29, 0.717) is 6.42 Å². The Kier molecular flexibility index (Phi) is 8.18. The number of fused-ring (bicyclic) bond motifs is 1. The van der Waals surface area contributed by atoms with Crippen molar-refractivity contribution < 1.29 is 18.0 Å². The molecule has 1 fully saturated rings. The number of nitrogens with zero attached hydrogens (tertiary/aromatic N) is 2. The van der Waals surface area contributed by atoms with Gasteiger partial charge in [0.25, 0.3) is 0 Å². The molecule has 3 nitrogen and oxygen atoms in total. The molecule has 1 unspecified atom stereocenters. The van der Waals surface area contributed by atoms with Crippen molar-refractivity contribution in [3.63, 3.8) is 0 Å². The molecule has 0 spiro atoms. The average molecular weight is 521 g/mol. The van der Waals surface area contributed by atoms with Crippen molar-refractivity contribution >= 4 is 5.91 Å². The van der Waals surface area contributed by atoms with Gasteiger partial charge >= 0.3 is 6.18 Å². The number of hydrogen-bond acceptors (Lipinski definition) is 2. The number of alkyl halides is 3. The molecule has 0 N–H and O–H groups in total. The first-order chi connectivity index (χ1) is 18.4. The molecule has 1 atom stereocenters. The minimum absolute atomic E-state index is 0.0596. The van der Waals surface area contributed by atoms with E-state index < -0.39 is 11.7 Å². The van der Waals surface area contributed by atoms with Gasteiger partial charge in [-0.1, -0.05) is 72.8 Å². The van der Waals surface area contributed by atoms with Crippen molar-refractivity contribution in [1.82, 2.24) is 9.80 Å². The Morgan fingerprint density at radius 2 is 1.61 bits per heavy atom. The fourth-order valence-corrected chi connectivity index (χ4v) is 6.06. The lowest BCUT2D eigenvalue weighted by atomic mass is 9.87. The summed E-state index contributed by atoms with van der Waals surface area (Å²) in [5, 5.41) is 0. The summed E-state index contributed by atoms with van der Waals surface area (Å²) in [4.78, 5) is 17.9. The van der Waals surface area contributed by atoms with E-state index in [-0.39, 0.29) is 17.9 Å². The average Bonchev–Trinajstić information content (AvgIpc) is 2.95. The summed E-state index contributed by atoms with van der Waals surface area (Å²) in [7, 11) is 0. The Balaban J connectivity index is 1.21. The minimum atomic E-state index is -4.31. The van der Waals surface area contributed by atoms with Crippen LogP contribution in [0.5, 0.6) is 0 Å². The van der Waals surface area contributed by atoms with Crippen molar-refractivity contribution in [1.29, 1.82) is 0 Å². The summed E-state index contributed by atoms with van der Waals surface area (Å²) in [5.41, 5.74) is 3.98. The molecule has 1 amide bonds. The predicted octanol–water partition coefficient (Wildman–Crippen LogP) is 7.03. The number of piperidine rings is 1. The lowest BCUT2D eigenvalue weighted by Crippen LogP contribution is -2.42. The summed E-state index contributed by atoms with van der Waals surface area (Å²) in [6.07, 6.45) is 0.384. The monoisotopic (exact) mass is 520 g/mol. The fourth-order valence-electron chi connectivity index (χ4n) is 6.06. The Morgan fingerprint density at radius 3 is 2.37 bits per heavy atom. The van der Waals surface area contributed by atoms with Gasteiger partial charge in [-0.05, 0) is 79.4 Å². The van der Waals surface area contributed by atoms with Crippen LogP contribution in [-0.2, 0) is 23.8 Å². The van der Waals surface area contributed by atoms with Crippen LogP contribution in [0.1, 0.15) is 65.5 Å². The maximum atomic E-state index is 13.4. The number of carbonyl (C=O) groups is 1. The highest BCUT2D eigenvalue weighted by atomic mass is 19.4. The van der Waals surface area contributed by atoms with Crippen LogP contribution in [-0.4, -0.2) is 41.9 Å². The summed E-state index contributed by atoms with van der Waals surface area (Å²) in [5.74, 6) is 0.358. The van der Waals surface area contributed by atoms with E-state index in [1.54, 1.807) is 0 Å². The van der Waals surface area contributed by atoms with Crippen LogP contribution in [0.4, 0.5) is 13.2 Å². The van der Waals surface area contributed by atoms with E-state index in [9.17, 15) is 18.0 Å². The van der Waals surface area contributed by atoms with Crippen LogP contribution in [0.2, 0.25) is 0 Å². The molecule has 0 bridgehead atoms. The first-order valence-electron chi connectivity index (χ1n) is 13.7. The molecule has 5 rings (SSSR count). The summed E-state index contributed by atoms with van der Waals surface area (Å²) >= 11 is 0. The highest BCUT2D eigenvalue weighted by Crippen LogP contribution is 2.36. The van der Waals surface area contributed by atoms with Gasteiger partial charge in [-0.25, -0.2) is 0 Å². The highest BCUT2D eigenvalue weighted by Gasteiger charge is 2.33. The van der Waals surface area contributed by atoms with Gasteiger partial charge in [-0.3, -0.25) is 4.79 Å². The van der Waals surface area contributed by atoms with Gasteiger partial charge in [0, 0.05) is 19.5 Å². The van der Waals surface area contributed by atoms with Crippen molar-refractivity contribution in [2.45, 2.75) is 56.7 Å². The lowest BCUT2D eigenvalue weighted by Gasteiger charge is -2.39. The first-order valence-corrected chi connectivity index (χ1v) is 13.7. The Morgan fingerprint density at radius 1 is 0.868 bits per heavy atom. The van der Waals surface area contributed by atoms with E-state index in [0.717, 1.165) is 69.9 Å². The molecule has 38 heavy (non-hydrogen) atoms. The number of hydrogen-bond donors (Lipinski definition) is 0. The van der Waals surface area contributed by atoms with E-state index in [2.05, 4.69) is 46.2 Å². The van der Waals surface area contributed by atoms with Gasteiger partial charge in [0.1, 0.15) is 0 Å². The van der Waals surface area contributed by atoms with E-state index >= 15 is 0 Å². The third-order valence-corrected chi connectivity index (χ3v) is 8.19. The van der Waals surface area contributed by atoms with Crippen molar-refractivity contribution in [3.05, 3.63) is 107 Å². The molecule has 0 radical (unpaired) electrons. The molecule has 2 aliphatic heterocycles. The van der Waals surface area contributed by atoms with Crippen molar-refractivity contribution in [3.8, 4) is 0 Å². The third-order valence-electron chi connectivity index (χ3n) is 8.19. The molecule has 2 aliphatic rings. The largest absolute Gasteiger partial charge is 0.416 e. The van der Waals surface area contributed by atoms with E-state index in [1.165, 1.54) is 28.8 Å². The van der Waals surface area contributed by atoms with Crippen LogP contribution in [0.3, 0.4) is 0 Å². The number of rotatable bonds is 7. The zero-order valence-corrected chi connectivity index (χ0v) is 21.7. The topological polar surface area (TPSA) is 23.6 Å². The van der Waals surface area contributed by atoms with Gasteiger partial charge in [-0.2, -0.15) is 13.2 Å². The second kappa shape index (κ2) is 11.7. The molecule has 0 aliphatic carbocycles. The second-order valence-electron chi connectivity index (χ2n) is 10.6. The number of carbonyl (C=O) groups excluding carboxylic acids is 1. The third kappa shape index (κ3) is 6.29. The zero-order valence-electron chi connectivity index (χ0n) is 21.7. The molecule has 0 aromatic heterocycles. The van der Waals surface area contributed by atoms with Gasteiger partial charge in [0.15, 0.2) is 0 Å². The van der Waals surface area contributed by atoms with E-state index in [1.807, 2.05) is 24.3 Å². The molecule has 6 heteroatoms. The normalized spacial score (nSPS) is 18.8. The maximum absolute atomic E-state index is 13.4. The van der Waals surface area contributed by atoms with Crippen molar-refractivity contribution in [2.24, 2.45) is 0 Å². The molecule has 200 valence electrons. The lowest BCUT2D eigenvalue weighted by molar-refractivity contribution is -0.137. The number of amides is 1. The van der Waals surface area contributed by atoms with Crippen LogP contribution in [0.25, 0.3) is 0 Å². The minimum Gasteiger partial charge on any atom is -0.335 e. The smallest absolute Gasteiger partial charge is 0.335 e. The first kappa shape index (κ1) is 26.5. The van der Waals surface area contributed by atoms with Crippen LogP contribution in [0, 0.1) is 0 Å². The van der Waals surface area contributed by atoms with Crippen LogP contribution in [0.15, 0.2) is 78.9 Å². The SMILES string of the molecule is O=C(CCc1ccccc1)N1CCc2ccccc2C1CCN1CCC(c2cccc(C(F)(F)F)c2)CC1. The van der Waals surface area contributed by atoms with Gasteiger partial charge in [-0.15, -0.1) is 0 Å². The predicted molar refractivity (Wildman–Crippen MR) is 144 cm³/mol. The molecule has 2 heterocycles. The highest BCUT2D eigenvalue weighted by molar-refractivity contribution is 5.77. The van der Waals surface area contributed by atoms with Crippen molar-refractivity contribution in [2.75, 3.05) is 26.2 Å². The fraction of sp³-hybridized carbons (Fsp3) is 0.406. The zero-order chi connectivity index (χ0) is 26.5. The molecular weight excluding hydrogens is 485 g/mol. The maximum Gasteiger partial charge on any atom is 0.416 e. The molecule has 3 aromatic carbocycles. The van der Waals surface area contributed by atoms with Gasteiger partial charge in [0.2, 0.25) is 5.91 Å². The molecular formula is C32H35F3N2O. The van der Waals surface area contributed by atoms with E-state index in [4.69, 9.17) is 0 Å². The molecule has 3 aromatic rings. The van der Waals surface area contributed by atoms with Gasteiger partial charge in [0.05, 0.1) is 11.6 Å². The molecule has 1 saturated heterocycles. The Labute approximate surface area is 223 Å². The summed E-state index contributed by atoms with van der Waals surface area (Å²) < 4.78 is 39.5. The summed E-state index contributed by atoms with van der Waals surface area (Å²) in [6, 6.07) is 24.5. The standard InChI is InChI=1S/C32H35F3N2O/c33-32(34,35)28-11-6-10-27(23-28)25-15-19-36(20-16-25)21-18-30-29-12-5-4-9-26(29)17-22-37(30)31(38)14-13-24-7-2-1-3-8-24/h1-12,23,25,30H,13-22H2. The Bertz CT molecular complexity index is 1220. The quantitative estimate of drug-likeness (QED) is 0.334. The number of benzene rings is 3. The second-order valence-corrected chi connectivity index (χ2v) is 10.6. The Hall–Kier alpha value is -3.12. The van der Waals surface area contributed by atoms with Gasteiger partial charge < -0.3 is 9.80 Å². The van der Waals surface area contributed by atoms with Crippen LogP contribution >= 0.6 is 0 Å². The van der Waals surface area contributed by atoms with Crippen LogP contribution < -0.4 is 0 Å². The molecule has 0 saturated carbocycles. The summed E-state index contributed by atoms with van der Waals surface area (Å²) in [6.45, 7) is 3.33.